The SMILES string of the molecule is O=C(N[C@H]1CCOc2ccccc21)c1cnc2c(-c3cc(Cl)cc(Cl)c3)nccc2c1C1CC1. The van der Waals surface area contributed by atoms with Gasteiger partial charge in [-0.3, -0.25) is 14.8 Å². The van der Waals surface area contributed by atoms with Crippen molar-refractivity contribution in [1.29, 1.82) is 0 Å². The molecule has 1 fully saturated rings. The van der Waals surface area contributed by atoms with Crippen LogP contribution in [0.25, 0.3) is 22.2 Å². The smallest absolute Gasteiger partial charge is 0.253 e. The highest BCUT2D eigenvalue weighted by Crippen LogP contribution is 2.45. The second-order valence-corrected chi connectivity index (χ2v) is 9.65. The lowest BCUT2D eigenvalue weighted by Gasteiger charge is -2.27. The van der Waals surface area contributed by atoms with Gasteiger partial charge in [-0.1, -0.05) is 41.4 Å². The number of aromatic nitrogens is 2. The molecule has 0 unspecified atom stereocenters. The fourth-order valence-electron chi connectivity index (χ4n) is 4.77. The van der Waals surface area contributed by atoms with Crippen LogP contribution in [-0.4, -0.2) is 22.5 Å². The first kappa shape index (κ1) is 21.4. The van der Waals surface area contributed by atoms with E-state index in [9.17, 15) is 4.79 Å². The molecule has 0 radical (unpaired) electrons. The molecule has 34 heavy (non-hydrogen) atoms. The van der Waals surface area contributed by atoms with Crippen molar-refractivity contribution >= 4 is 40.0 Å². The van der Waals surface area contributed by atoms with Crippen LogP contribution in [0.15, 0.2) is 60.9 Å². The fourth-order valence-corrected chi connectivity index (χ4v) is 5.29. The van der Waals surface area contributed by atoms with E-state index >= 15 is 0 Å². The van der Waals surface area contributed by atoms with Crippen LogP contribution >= 0.6 is 23.2 Å². The summed E-state index contributed by atoms with van der Waals surface area (Å²) in [6.07, 6.45) is 6.29. The van der Waals surface area contributed by atoms with Crippen molar-refractivity contribution in [1.82, 2.24) is 15.3 Å². The number of hydrogen-bond acceptors (Lipinski definition) is 4. The monoisotopic (exact) mass is 489 g/mol. The maximum atomic E-state index is 13.5. The molecule has 1 aliphatic carbocycles. The van der Waals surface area contributed by atoms with Crippen molar-refractivity contribution in [3.63, 3.8) is 0 Å². The van der Waals surface area contributed by atoms with Gasteiger partial charge in [0.05, 0.1) is 29.4 Å². The predicted octanol–water partition coefficient (Wildman–Crippen LogP) is 6.73. The summed E-state index contributed by atoms with van der Waals surface area (Å²) < 4.78 is 5.75. The Hall–Kier alpha value is -3.15. The van der Waals surface area contributed by atoms with Gasteiger partial charge >= 0.3 is 0 Å². The number of amides is 1. The van der Waals surface area contributed by atoms with Gasteiger partial charge in [0, 0.05) is 45.4 Å². The zero-order valence-corrected chi connectivity index (χ0v) is 19.7. The number of carbonyl (C=O) groups is 1. The Balaban J connectivity index is 1.42. The van der Waals surface area contributed by atoms with E-state index in [4.69, 9.17) is 32.9 Å². The summed E-state index contributed by atoms with van der Waals surface area (Å²) in [4.78, 5) is 22.8. The van der Waals surface area contributed by atoms with E-state index in [-0.39, 0.29) is 11.9 Å². The summed E-state index contributed by atoms with van der Waals surface area (Å²) in [5.41, 5.74) is 4.92. The van der Waals surface area contributed by atoms with Crippen molar-refractivity contribution in [3.05, 3.63) is 87.7 Å². The summed E-state index contributed by atoms with van der Waals surface area (Å²) in [7, 11) is 0. The van der Waals surface area contributed by atoms with Gasteiger partial charge in [-0.15, -0.1) is 0 Å². The van der Waals surface area contributed by atoms with Crippen molar-refractivity contribution in [2.24, 2.45) is 0 Å². The molecular formula is C27H21Cl2N3O2. The molecule has 4 aromatic rings. The molecule has 2 aliphatic rings. The molecule has 5 nitrogen and oxygen atoms in total. The van der Waals surface area contributed by atoms with Crippen molar-refractivity contribution in [2.75, 3.05) is 6.61 Å². The lowest BCUT2D eigenvalue weighted by atomic mass is 9.96. The molecule has 0 saturated heterocycles. The van der Waals surface area contributed by atoms with Gasteiger partial charge in [0.1, 0.15) is 5.75 Å². The first-order chi connectivity index (χ1) is 16.6. The number of halogens is 2. The third-order valence-corrected chi connectivity index (χ3v) is 6.89. The van der Waals surface area contributed by atoms with E-state index in [2.05, 4.69) is 10.3 Å². The lowest BCUT2D eigenvalue weighted by Crippen LogP contribution is -2.32. The maximum Gasteiger partial charge on any atom is 0.253 e. The summed E-state index contributed by atoms with van der Waals surface area (Å²) in [5.74, 6) is 1.06. The zero-order chi connectivity index (χ0) is 23.2. The van der Waals surface area contributed by atoms with Crippen LogP contribution in [0.3, 0.4) is 0 Å². The summed E-state index contributed by atoms with van der Waals surface area (Å²) in [5, 5.41) is 5.26. The van der Waals surface area contributed by atoms with E-state index in [0.717, 1.165) is 52.6 Å². The normalized spacial score (nSPS) is 17.2. The molecule has 0 bridgehead atoms. The van der Waals surface area contributed by atoms with Gasteiger partial charge in [-0.05, 0) is 54.7 Å². The number of ether oxygens (including phenoxy) is 1. The molecular weight excluding hydrogens is 469 g/mol. The fraction of sp³-hybridized carbons (Fsp3) is 0.222. The van der Waals surface area contributed by atoms with Crippen molar-refractivity contribution in [2.45, 2.75) is 31.2 Å². The molecule has 1 saturated carbocycles. The molecule has 0 spiro atoms. The van der Waals surface area contributed by atoms with E-state index < -0.39 is 0 Å². The van der Waals surface area contributed by atoms with Crippen molar-refractivity contribution in [3.8, 4) is 17.0 Å². The Morgan fingerprint density at radius 3 is 2.59 bits per heavy atom. The van der Waals surface area contributed by atoms with Crippen molar-refractivity contribution < 1.29 is 9.53 Å². The topological polar surface area (TPSA) is 64.1 Å². The molecule has 1 N–H and O–H groups in total. The molecule has 2 aromatic heterocycles. The number of pyridine rings is 2. The largest absolute Gasteiger partial charge is 0.493 e. The highest BCUT2D eigenvalue weighted by Gasteiger charge is 2.32. The Bertz CT molecular complexity index is 1410. The minimum Gasteiger partial charge on any atom is -0.493 e. The Labute approximate surface area is 207 Å². The number of rotatable bonds is 4. The average Bonchev–Trinajstić information content (AvgIpc) is 3.68. The highest BCUT2D eigenvalue weighted by molar-refractivity contribution is 6.35. The van der Waals surface area contributed by atoms with Crippen LogP contribution in [-0.2, 0) is 0 Å². The van der Waals surface area contributed by atoms with Crippen LogP contribution in [0, 0.1) is 0 Å². The molecule has 2 aromatic carbocycles. The van der Waals surface area contributed by atoms with E-state index in [1.54, 1.807) is 18.5 Å². The average molecular weight is 490 g/mol. The third-order valence-electron chi connectivity index (χ3n) is 6.46. The Kier molecular flexibility index (Phi) is 5.39. The third kappa shape index (κ3) is 3.89. The number of fused-ring (bicyclic) bond motifs is 2. The first-order valence-corrected chi connectivity index (χ1v) is 12.1. The maximum absolute atomic E-state index is 13.5. The number of nitrogens with zero attached hydrogens (tertiary/aromatic N) is 2. The standard InChI is InChI=1S/C27H21Cl2N3O2/c28-17-11-16(12-18(29)13-17)25-26-20(7-9-30-25)24(15-5-6-15)21(14-31-26)27(33)32-22-8-10-34-23-4-2-1-3-19(22)23/h1-4,7,9,11-15,22H,5-6,8,10H2,(H,32,33)/t22-/m0/s1. The molecule has 6 rings (SSSR count). The number of hydrogen-bond donors (Lipinski definition) is 1. The van der Waals surface area contributed by atoms with Gasteiger partial charge < -0.3 is 10.1 Å². The van der Waals surface area contributed by atoms with Gasteiger partial charge in [-0.2, -0.15) is 0 Å². The number of benzene rings is 2. The predicted molar refractivity (Wildman–Crippen MR) is 134 cm³/mol. The Morgan fingerprint density at radius 2 is 1.79 bits per heavy atom. The molecule has 3 heterocycles. The van der Waals surface area contributed by atoms with Gasteiger partial charge in [0.25, 0.3) is 5.91 Å². The molecule has 1 aliphatic heterocycles. The first-order valence-electron chi connectivity index (χ1n) is 11.3. The molecule has 7 heteroatoms. The van der Waals surface area contributed by atoms with Crippen LogP contribution in [0.5, 0.6) is 5.75 Å². The van der Waals surface area contributed by atoms with E-state index in [1.807, 2.05) is 42.5 Å². The summed E-state index contributed by atoms with van der Waals surface area (Å²) in [6.45, 7) is 0.574. The van der Waals surface area contributed by atoms with Gasteiger partial charge in [-0.25, -0.2) is 0 Å². The molecule has 1 amide bonds. The van der Waals surface area contributed by atoms with Gasteiger partial charge in [0.15, 0.2) is 0 Å². The number of para-hydroxylation sites is 1. The Morgan fingerprint density at radius 1 is 1.00 bits per heavy atom. The van der Waals surface area contributed by atoms with Gasteiger partial charge in [0.2, 0.25) is 0 Å². The van der Waals surface area contributed by atoms with E-state index in [1.165, 1.54) is 0 Å². The van der Waals surface area contributed by atoms with Crippen LogP contribution in [0.1, 0.15) is 52.7 Å². The zero-order valence-electron chi connectivity index (χ0n) is 18.2. The van der Waals surface area contributed by atoms with E-state index in [0.29, 0.717) is 33.8 Å². The summed E-state index contributed by atoms with van der Waals surface area (Å²) >= 11 is 12.5. The number of carbonyl (C=O) groups excluding carboxylic acids is 1. The number of nitrogens with one attached hydrogen (secondary N) is 1. The summed E-state index contributed by atoms with van der Waals surface area (Å²) in [6, 6.07) is 15.1. The minimum atomic E-state index is -0.109. The molecule has 170 valence electrons. The highest BCUT2D eigenvalue weighted by atomic mass is 35.5. The van der Waals surface area contributed by atoms with Crippen LogP contribution in [0.4, 0.5) is 0 Å². The lowest BCUT2D eigenvalue weighted by molar-refractivity contribution is 0.0923. The van der Waals surface area contributed by atoms with Crippen LogP contribution in [0.2, 0.25) is 10.0 Å². The second kappa shape index (κ2) is 8.57. The van der Waals surface area contributed by atoms with Crippen LogP contribution < -0.4 is 10.1 Å². The minimum absolute atomic E-state index is 0.0956. The molecule has 1 atom stereocenters. The second-order valence-electron chi connectivity index (χ2n) is 8.77. The quantitative estimate of drug-likeness (QED) is 0.344.